The van der Waals surface area contributed by atoms with Crippen molar-refractivity contribution in [3.63, 3.8) is 0 Å². The van der Waals surface area contributed by atoms with Gasteiger partial charge in [0.15, 0.2) is 0 Å². The fourth-order valence-corrected chi connectivity index (χ4v) is 3.68. The molecule has 1 aromatic heterocycles. The van der Waals surface area contributed by atoms with Crippen molar-refractivity contribution in [1.82, 2.24) is 10.2 Å². The predicted octanol–water partition coefficient (Wildman–Crippen LogP) is 4.55. The minimum Gasteiger partial charge on any atom is -0.300 e. The smallest absolute Gasteiger partial charge is 0.236 e. The minimum atomic E-state index is -0.0759. The topological polar surface area (TPSA) is 54.9 Å². The Morgan fingerprint density at radius 3 is 2.58 bits per heavy atom. The van der Waals surface area contributed by atoms with Crippen LogP contribution in [-0.4, -0.2) is 21.9 Å². The molecular weight excluding hydrogens is 338 g/mol. The van der Waals surface area contributed by atoms with Gasteiger partial charge in [-0.1, -0.05) is 53.3 Å². The third-order valence-electron chi connectivity index (χ3n) is 3.44. The van der Waals surface area contributed by atoms with Crippen molar-refractivity contribution in [2.75, 3.05) is 11.1 Å². The number of carbonyl (C=O) groups excluding carboxylic acids is 1. The van der Waals surface area contributed by atoms with Crippen LogP contribution >= 0.6 is 23.1 Å². The lowest BCUT2D eigenvalue weighted by atomic mass is 10.1. The summed E-state index contributed by atoms with van der Waals surface area (Å²) in [5.41, 5.74) is 3.40. The van der Waals surface area contributed by atoms with Crippen LogP contribution in [0.15, 0.2) is 53.4 Å². The van der Waals surface area contributed by atoms with Gasteiger partial charge in [0, 0.05) is 10.5 Å². The zero-order valence-electron chi connectivity index (χ0n) is 13.4. The van der Waals surface area contributed by atoms with Gasteiger partial charge in [-0.25, -0.2) is 0 Å². The Hall–Kier alpha value is -2.18. The van der Waals surface area contributed by atoms with Gasteiger partial charge in [-0.15, -0.1) is 22.0 Å². The Morgan fingerprint density at radius 1 is 1.08 bits per heavy atom. The molecule has 122 valence electrons. The van der Waals surface area contributed by atoms with Gasteiger partial charge in [0.1, 0.15) is 5.01 Å². The predicted molar refractivity (Wildman–Crippen MR) is 101 cm³/mol. The van der Waals surface area contributed by atoms with Crippen LogP contribution in [-0.2, 0) is 4.79 Å². The molecule has 0 bridgehead atoms. The van der Waals surface area contributed by atoms with Crippen LogP contribution < -0.4 is 5.32 Å². The number of nitrogens with zero attached hydrogens (tertiary/aromatic N) is 2. The standard InChI is InChI=1S/C18H17N3OS2/c1-12-7-9-14(10-8-12)23-11-16(22)19-18-21-20-17(24-18)15-6-4-3-5-13(15)2/h3-10H,11H2,1-2H3,(H,19,21,22). The fourth-order valence-electron chi connectivity index (χ4n) is 2.13. The van der Waals surface area contributed by atoms with Crippen LogP contribution in [0, 0.1) is 13.8 Å². The number of aryl methyl sites for hydroxylation is 2. The van der Waals surface area contributed by atoms with E-state index in [0.29, 0.717) is 10.9 Å². The van der Waals surface area contributed by atoms with Crippen LogP contribution in [0.4, 0.5) is 5.13 Å². The molecule has 0 aliphatic heterocycles. The van der Waals surface area contributed by atoms with E-state index >= 15 is 0 Å². The first-order valence-electron chi connectivity index (χ1n) is 7.50. The van der Waals surface area contributed by atoms with Crippen molar-refractivity contribution in [3.8, 4) is 10.6 Å². The summed E-state index contributed by atoms with van der Waals surface area (Å²) in [7, 11) is 0. The molecule has 3 aromatic rings. The van der Waals surface area contributed by atoms with E-state index in [9.17, 15) is 4.79 Å². The normalized spacial score (nSPS) is 10.6. The van der Waals surface area contributed by atoms with Crippen molar-refractivity contribution in [2.45, 2.75) is 18.7 Å². The highest BCUT2D eigenvalue weighted by Crippen LogP contribution is 2.28. The molecule has 1 amide bonds. The van der Waals surface area contributed by atoms with Gasteiger partial charge in [0.05, 0.1) is 5.75 Å². The number of hydrogen-bond acceptors (Lipinski definition) is 5. The number of amides is 1. The quantitative estimate of drug-likeness (QED) is 0.682. The molecular formula is C18H17N3OS2. The molecule has 0 spiro atoms. The molecule has 0 radical (unpaired) electrons. The highest BCUT2D eigenvalue weighted by molar-refractivity contribution is 8.00. The molecule has 0 saturated carbocycles. The fraction of sp³-hybridized carbons (Fsp3) is 0.167. The van der Waals surface area contributed by atoms with E-state index in [1.165, 1.54) is 28.7 Å². The first-order chi connectivity index (χ1) is 11.6. The summed E-state index contributed by atoms with van der Waals surface area (Å²) in [5.74, 6) is 0.274. The van der Waals surface area contributed by atoms with E-state index in [2.05, 4.69) is 15.5 Å². The number of anilines is 1. The SMILES string of the molecule is Cc1ccc(SCC(=O)Nc2nnc(-c3ccccc3C)s2)cc1. The molecule has 1 N–H and O–H groups in total. The monoisotopic (exact) mass is 355 g/mol. The molecule has 0 aliphatic carbocycles. The Labute approximate surface area is 149 Å². The molecule has 1 heterocycles. The first-order valence-corrected chi connectivity index (χ1v) is 9.31. The number of rotatable bonds is 5. The lowest BCUT2D eigenvalue weighted by molar-refractivity contribution is -0.113. The summed E-state index contributed by atoms with van der Waals surface area (Å²) >= 11 is 2.90. The second-order valence-corrected chi connectivity index (χ2v) is 7.40. The van der Waals surface area contributed by atoms with E-state index < -0.39 is 0 Å². The van der Waals surface area contributed by atoms with Crippen molar-refractivity contribution in [3.05, 3.63) is 59.7 Å². The second kappa shape index (κ2) is 7.59. The van der Waals surface area contributed by atoms with Crippen molar-refractivity contribution in [1.29, 1.82) is 0 Å². The Bertz CT molecular complexity index is 843. The Morgan fingerprint density at radius 2 is 1.83 bits per heavy atom. The molecule has 0 unspecified atom stereocenters. The summed E-state index contributed by atoms with van der Waals surface area (Å²) in [5, 5.41) is 12.4. The van der Waals surface area contributed by atoms with E-state index in [1.54, 1.807) is 0 Å². The summed E-state index contributed by atoms with van der Waals surface area (Å²) in [6.45, 7) is 4.08. The minimum absolute atomic E-state index is 0.0759. The largest absolute Gasteiger partial charge is 0.300 e. The number of hydrogen-bond donors (Lipinski definition) is 1. The Kier molecular flexibility index (Phi) is 5.27. The highest BCUT2D eigenvalue weighted by atomic mass is 32.2. The summed E-state index contributed by atoms with van der Waals surface area (Å²) < 4.78 is 0. The van der Waals surface area contributed by atoms with Crippen LogP contribution in [0.25, 0.3) is 10.6 Å². The van der Waals surface area contributed by atoms with Gasteiger partial charge in [-0.05, 0) is 31.5 Å². The average Bonchev–Trinajstić information content (AvgIpc) is 3.03. The van der Waals surface area contributed by atoms with Crippen LogP contribution in [0.5, 0.6) is 0 Å². The second-order valence-electron chi connectivity index (χ2n) is 5.38. The van der Waals surface area contributed by atoms with Crippen LogP contribution in [0.3, 0.4) is 0 Å². The summed E-state index contributed by atoms with van der Waals surface area (Å²) in [6, 6.07) is 16.1. The third-order valence-corrected chi connectivity index (χ3v) is 5.32. The lowest BCUT2D eigenvalue weighted by Gasteiger charge is -2.02. The van der Waals surface area contributed by atoms with Crippen LogP contribution in [0.2, 0.25) is 0 Å². The van der Waals surface area contributed by atoms with E-state index in [1.807, 2.05) is 62.4 Å². The van der Waals surface area contributed by atoms with Crippen molar-refractivity contribution < 1.29 is 4.79 Å². The highest BCUT2D eigenvalue weighted by Gasteiger charge is 2.11. The van der Waals surface area contributed by atoms with Gasteiger partial charge < -0.3 is 0 Å². The zero-order chi connectivity index (χ0) is 16.9. The molecule has 4 nitrogen and oxygen atoms in total. The van der Waals surface area contributed by atoms with E-state index in [4.69, 9.17) is 0 Å². The van der Waals surface area contributed by atoms with Crippen molar-refractivity contribution in [2.24, 2.45) is 0 Å². The molecule has 3 rings (SSSR count). The molecule has 0 aliphatic rings. The average molecular weight is 355 g/mol. The molecule has 2 aromatic carbocycles. The number of aromatic nitrogens is 2. The number of carbonyl (C=O) groups is 1. The van der Waals surface area contributed by atoms with E-state index in [-0.39, 0.29) is 5.91 Å². The number of benzene rings is 2. The van der Waals surface area contributed by atoms with Gasteiger partial charge in [0.2, 0.25) is 11.0 Å². The van der Waals surface area contributed by atoms with Gasteiger partial charge in [0.25, 0.3) is 0 Å². The van der Waals surface area contributed by atoms with Gasteiger partial charge in [-0.2, -0.15) is 0 Å². The zero-order valence-corrected chi connectivity index (χ0v) is 15.1. The maximum atomic E-state index is 12.1. The summed E-state index contributed by atoms with van der Waals surface area (Å²) in [4.78, 5) is 13.1. The molecule has 0 atom stereocenters. The molecule has 24 heavy (non-hydrogen) atoms. The van der Waals surface area contributed by atoms with Gasteiger partial charge in [-0.3, -0.25) is 10.1 Å². The number of thioether (sulfide) groups is 1. The summed E-state index contributed by atoms with van der Waals surface area (Å²) in [6.07, 6.45) is 0. The molecule has 6 heteroatoms. The maximum Gasteiger partial charge on any atom is 0.236 e. The lowest BCUT2D eigenvalue weighted by Crippen LogP contribution is -2.13. The van der Waals surface area contributed by atoms with E-state index in [0.717, 1.165) is 21.0 Å². The maximum absolute atomic E-state index is 12.1. The van der Waals surface area contributed by atoms with Crippen LogP contribution in [0.1, 0.15) is 11.1 Å². The Balaban J connectivity index is 1.59. The molecule has 0 fully saturated rings. The molecule has 0 saturated heterocycles. The first kappa shape index (κ1) is 16.7. The van der Waals surface area contributed by atoms with Gasteiger partial charge >= 0.3 is 0 Å². The number of nitrogens with one attached hydrogen (secondary N) is 1. The third kappa shape index (κ3) is 4.21. The van der Waals surface area contributed by atoms with Crippen molar-refractivity contribution >= 4 is 34.1 Å².